The van der Waals surface area contributed by atoms with Crippen molar-refractivity contribution in [2.45, 2.75) is 6.92 Å². The fourth-order valence-corrected chi connectivity index (χ4v) is 3.29. The van der Waals surface area contributed by atoms with E-state index in [1.54, 1.807) is 6.92 Å². The number of carboxylic acids is 1. The Balaban J connectivity index is 2.10. The molecule has 0 aliphatic rings. The molecule has 0 bridgehead atoms. The van der Waals surface area contributed by atoms with Gasteiger partial charge in [0.2, 0.25) is 0 Å². The van der Waals surface area contributed by atoms with Crippen molar-refractivity contribution in [1.29, 1.82) is 0 Å². The summed E-state index contributed by atoms with van der Waals surface area (Å²) in [6.07, 6.45) is 1.44. The third-order valence-corrected chi connectivity index (χ3v) is 4.74. The molecule has 1 aromatic carbocycles. The van der Waals surface area contributed by atoms with E-state index in [2.05, 4.69) is 31.2 Å². The normalized spacial score (nSPS) is 10.8. The minimum Gasteiger partial charge on any atom is -0.477 e. The van der Waals surface area contributed by atoms with Gasteiger partial charge in [-0.3, -0.25) is 0 Å². The summed E-state index contributed by atoms with van der Waals surface area (Å²) in [4.78, 5) is 20.6. The summed E-state index contributed by atoms with van der Waals surface area (Å²) in [5.74, 6) is -0.325. The average molecular weight is 364 g/mol. The maximum Gasteiger partial charge on any atom is 0.346 e. The van der Waals surface area contributed by atoms with E-state index in [4.69, 9.17) is 0 Å². The van der Waals surface area contributed by atoms with Gasteiger partial charge in [-0.05, 0) is 36.8 Å². The van der Waals surface area contributed by atoms with E-state index in [1.165, 1.54) is 6.33 Å². The Labute approximate surface area is 132 Å². The molecule has 0 radical (unpaired) electrons. The van der Waals surface area contributed by atoms with Crippen LogP contribution in [0.25, 0.3) is 10.2 Å². The maximum absolute atomic E-state index is 11.2. The van der Waals surface area contributed by atoms with Gasteiger partial charge in [0.05, 0.1) is 5.39 Å². The predicted molar refractivity (Wildman–Crippen MR) is 86.5 cm³/mol. The summed E-state index contributed by atoms with van der Waals surface area (Å²) in [5, 5.41) is 13.2. The summed E-state index contributed by atoms with van der Waals surface area (Å²) in [7, 11) is 0. The first-order valence-electron chi connectivity index (χ1n) is 6.06. The molecule has 0 saturated carbocycles. The van der Waals surface area contributed by atoms with Gasteiger partial charge >= 0.3 is 5.97 Å². The highest BCUT2D eigenvalue weighted by atomic mass is 79.9. The number of carboxylic acid groups (broad SMARTS) is 1. The molecule has 2 aromatic heterocycles. The smallest absolute Gasteiger partial charge is 0.346 e. The highest BCUT2D eigenvalue weighted by Gasteiger charge is 2.18. The Hall–Kier alpha value is -1.99. The monoisotopic (exact) mass is 363 g/mol. The van der Waals surface area contributed by atoms with Gasteiger partial charge in [0, 0.05) is 10.2 Å². The second kappa shape index (κ2) is 5.42. The molecular formula is C14H10BrN3O2S. The zero-order valence-corrected chi connectivity index (χ0v) is 13.3. The van der Waals surface area contributed by atoms with E-state index < -0.39 is 5.97 Å². The number of hydrogen-bond acceptors (Lipinski definition) is 5. The number of nitrogens with one attached hydrogen (secondary N) is 1. The summed E-state index contributed by atoms with van der Waals surface area (Å²) >= 11 is 4.55. The van der Waals surface area contributed by atoms with Crippen LogP contribution in [0.1, 0.15) is 15.2 Å². The van der Waals surface area contributed by atoms with Crippen LogP contribution in [0.4, 0.5) is 11.5 Å². The first-order valence-corrected chi connectivity index (χ1v) is 7.67. The molecule has 0 saturated heterocycles. The molecule has 0 amide bonds. The Morgan fingerprint density at radius 2 is 2.00 bits per heavy atom. The van der Waals surface area contributed by atoms with Crippen LogP contribution in [0, 0.1) is 6.92 Å². The highest BCUT2D eigenvalue weighted by Crippen LogP contribution is 2.34. The number of halogens is 1. The molecule has 0 atom stereocenters. The zero-order valence-electron chi connectivity index (χ0n) is 10.9. The molecule has 0 spiro atoms. The first-order chi connectivity index (χ1) is 10.1. The molecule has 3 aromatic rings. The van der Waals surface area contributed by atoms with Crippen molar-refractivity contribution in [2.24, 2.45) is 0 Å². The number of aromatic carboxylic acids is 1. The van der Waals surface area contributed by atoms with Crippen LogP contribution in [-0.2, 0) is 0 Å². The van der Waals surface area contributed by atoms with Crippen LogP contribution in [0.15, 0.2) is 35.1 Å². The number of nitrogens with zero attached hydrogens (tertiary/aromatic N) is 2. The molecule has 2 N–H and O–H groups in total. The largest absolute Gasteiger partial charge is 0.477 e. The van der Waals surface area contributed by atoms with Crippen LogP contribution < -0.4 is 5.32 Å². The minimum atomic E-state index is -0.940. The van der Waals surface area contributed by atoms with Crippen molar-refractivity contribution in [3.63, 3.8) is 0 Å². The third kappa shape index (κ3) is 2.62. The summed E-state index contributed by atoms with van der Waals surface area (Å²) in [5.41, 5.74) is 1.56. The maximum atomic E-state index is 11.2. The Morgan fingerprint density at radius 3 is 2.67 bits per heavy atom. The second-order valence-electron chi connectivity index (χ2n) is 4.40. The SMILES string of the molecule is Cc1c(C(=O)O)sc2ncnc(Nc3ccc(Br)cc3)c12. The number of aryl methyl sites for hydroxylation is 1. The lowest BCUT2D eigenvalue weighted by Crippen LogP contribution is -1.97. The van der Waals surface area contributed by atoms with Crippen LogP contribution in [-0.4, -0.2) is 21.0 Å². The van der Waals surface area contributed by atoms with E-state index in [0.717, 1.165) is 26.9 Å². The molecular weight excluding hydrogens is 354 g/mol. The lowest BCUT2D eigenvalue weighted by molar-refractivity contribution is 0.0701. The van der Waals surface area contributed by atoms with Crippen LogP contribution in [0.2, 0.25) is 0 Å². The molecule has 21 heavy (non-hydrogen) atoms. The van der Waals surface area contributed by atoms with Crippen LogP contribution >= 0.6 is 27.3 Å². The Bertz CT molecular complexity index is 830. The molecule has 0 unspecified atom stereocenters. The van der Waals surface area contributed by atoms with Gasteiger partial charge < -0.3 is 10.4 Å². The minimum absolute atomic E-state index is 0.296. The molecule has 0 aliphatic heterocycles. The van der Waals surface area contributed by atoms with E-state index in [1.807, 2.05) is 24.3 Å². The number of hydrogen-bond donors (Lipinski definition) is 2. The lowest BCUT2D eigenvalue weighted by Gasteiger charge is -2.07. The Kier molecular flexibility index (Phi) is 3.60. The molecule has 0 fully saturated rings. The van der Waals surface area contributed by atoms with E-state index >= 15 is 0 Å². The molecule has 2 heterocycles. The number of thiophene rings is 1. The van der Waals surface area contributed by atoms with Crippen molar-refractivity contribution in [3.05, 3.63) is 45.5 Å². The number of aromatic nitrogens is 2. The van der Waals surface area contributed by atoms with Crippen LogP contribution in [0.5, 0.6) is 0 Å². The van der Waals surface area contributed by atoms with E-state index in [-0.39, 0.29) is 0 Å². The highest BCUT2D eigenvalue weighted by molar-refractivity contribution is 9.10. The van der Waals surface area contributed by atoms with Gasteiger partial charge in [0.15, 0.2) is 0 Å². The van der Waals surface area contributed by atoms with Gasteiger partial charge in [0.1, 0.15) is 21.9 Å². The second-order valence-corrected chi connectivity index (χ2v) is 6.31. The quantitative estimate of drug-likeness (QED) is 0.728. The summed E-state index contributed by atoms with van der Waals surface area (Å²) < 4.78 is 0.987. The fraction of sp³-hybridized carbons (Fsp3) is 0.0714. The average Bonchev–Trinajstić information content (AvgIpc) is 2.80. The predicted octanol–water partition coefficient (Wildman–Crippen LogP) is 4.20. The number of fused-ring (bicyclic) bond motifs is 1. The molecule has 0 aliphatic carbocycles. The van der Waals surface area contributed by atoms with Crippen molar-refractivity contribution < 1.29 is 9.90 Å². The van der Waals surface area contributed by atoms with Gasteiger partial charge in [-0.25, -0.2) is 14.8 Å². The number of rotatable bonds is 3. The number of anilines is 2. The van der Waals surface area contributed by atoms with E-state index in [0.29, 0.717) is 21.1 Å². The summed E-state index contributed by atoms with van der Waals surface area (Å²) in [6.45, 7) is 1.78. The number of benzene rings is 1. The van der Waals surface area contributed by atoms with Crippen LogP contribution in [0.3, 0.4) is 0 Å². The molecule has 3 rings (SSSR count). The van der Waals surface area contributed by atoms with E-state index in [9.17, 15) is 9.90 Å². The standard InChI is InChI=1S/C14H10BrN3O2S/c1-7-10-12(18-9-4-2-8(15)3-5-9)16-6-17-13(10)21-11(7)14(19)20/h2-6H,1H3,(H,19,20)(H,16,17,18). The van der Waals surface area contributed by atoms with Crippen molar-refractivity contribution in [3.8, 4) is 0 Å². The van der Waals surface area contributed by atoms with Crippen molar-refractivity contribution in [1.82, 2.24) is 9.97 Å². The van der Waals surface area contributed by atoms with Crippen molar-refractivity contribution in [2.75, 3.05) is 5.32 Å². The topological polar surface area (TPSA) is 75.1 Å². The van der Waals surface area contributed by atoms with Gasteiger partial charge in [0.25, 0.3) is 0 Å². The number of carbonyl (C=O) groups is 1. The molecule has 106 valence electrons. The zero-order chi connectivity index (χ0) is 15.0. The van der Waals surface area contributed by atoms with Gasteiger partial charge in [-0.1, -0.05) is 15.9 Å². The fourth-order valence-electron chi connectivity index (χ4n) is 2.04. The Morgan fingerprint density at radius 1 is 1.29 bits per heavy atom. The lowest BCUT2D eigenvalue weighted by atomic mass is 10.2. The molecule has 5 nitrogen and oxygen atoms in total. The van der Waals surface area contributed by atoms with Crippen molar-refractivity contribution >= 4 is 55.0 Å². The molecule has 7 heteroatoms. The summed E-state index contributed by atoms with van der Waals surface area (Å²) in [6, 6.07) is 7.67. The van der Waals surface area contributed by atoms with Gasteiger partial charge in [-0.2, -0.15) is 0 Å². The first kappa shape index (κ1) is 14.0. The third-order valence-electron chi connectivity index (χ3n) is 3.03. The van der Waals surface area contributed by atoms with Gasteiger partial charge in [-0.15, -0.1) is 11.3 Å².